The maximum absolute atomic E-state index is 6.23. The number of halogens is 1. The van der Waals surface area contributed by atoms with Crippen molar-refractivity contribution < 1.29 is 0 Å². The molecule has 2 rings (SSSR count). The van der Waals surface area contributed by atoms with Crippen LogP contribution in [0.5, 0.6) is 0 Å². The summed E-state index contributed by atoms with van der Waals surface area (Å²) in [7, 11) is 1.98. The highest BCUT2D eigenvalue weighted by atomic mass is 35.5. The highest BCUT2D eigenvalue weighted by Gasteiger charge is 2.17. The predicted molar refractivity (Wildman–Crippen MR) is 84.6 cm³/mol. The van der Waals surface area contributed by atoms with Crippen LogP contribution >= 0.6 is 11.6 Å². The van der Waals surface area contributed by atoms with Crippen molar-refractivity contribution in [3.05, 3.63) is 51.8 Å². The summed E-state index contributed by atoms with van der Waals surface area (Å²) in [5.41, 5.74) is 4.78. The molecule has 0 saturated carbocycles. The maximum Gasteiger partial charge on any atom is 0.0677 e. The Labute approximate surface area is 126 Å². The van der Waals surface area contributed by atoms with Gasteiger partial charge >= 0.3 is 0 Å². The fourth-order valence-corrected chi connectivity index (χ4v) is 2.97. The van der Waals surface area contributed by atoms with Gasteiger partial charge in [0.05, 0.1) is 12.2 Å². The summed E-state index contributed by atoms with van der Waals surface area (Å²) in [4.78, 5) is 0. The van der Waals surface area contributed by atoms with Crippen LogP contribution in [0, 0.1) is 13.8 Å². The molecule has 1 heterocycles. The molecule has 1 aromatic carbocycles. The van der Waals surface area contributed by atoms with E-state index in [0.29, 0.717) is 5.92 Å². The Morgan fingerprint density at radius 2 is 2.00 bits per heavy atom. The number of hydrogen-bond donors (Lipinski definition) is 1. The minimum absolute atomic E-state index is 0.458. The molecule has 0 amide bonds. The second-order valence-corrected chi connectivity index (χ2v) is 5.70. The number of aryl methyl sites for hydroxylation is 1. The van der Waals surface area contributed by atoms with Crippen LogP contribution in [0.4, 0.5) is 0 Å². The lowest BCUT2D eigenvalue weighted by Gasteiger charge is -2.12. The first-order chi connectivity index (χ1) is 9.54. The monoisotopic (exact) mass is 291 g/mol. The molecule has 0 aliphatic carbocycles. The molecule has 1 N–H and O–H groups in total. The van der Waals surface area contributed by atoms with Crippen LogP contribution in [0.2, 0.25) is 5.02 Å². The highest BCUT2D eigenvalue weighted by molar-refractivity contribution is 6.31. The fraction of sp³-hybridized carbons (Fsp3) is 0.438. The first-order valence-corrected chi connectivity index (χ1v) is 7.34. The average molecular weight is 292 g/mol. The zero-order valence-electron chi connectivity index (χ0n) is 12.6. The summed E-state index contributed by atoms with van der Waals surface area (Å²) in [6.45, 7) is 8.13. The van der Waals surface area contributed by atoms with E-state index >= 15 is 0 Å². The number of nitrogens with zero attached hydrogens (tertiary/aromatic N) is 2. The third kappa shape index (κ3) is 3.05. The summed E-state index contributed by atoms with van der Waals surface area (Å²) >= 11 is 6.23. The molecular formula is C16H22ClN3. The van der Waals surface area contributed by atoms with Crippen LogP contribution in [0.25, 0.3) is 0 Å². The van der Waals surface area contributed by atoms with E-state index in [1.807, 2.05) is 25.2 Å². The standard InChI is InChI=1S/C16H22ClN3/c1-11(9-18-4)16-12(2)19-20(13(16)3)10-14-7-5-6-8-15(14)17/h5-8,11,18H,9-10H2,1-4H3. The number of hydrogen-bond acceptors (Lipinski definition) is 2. The normalized spacial score (nSPS) is 12.7. The molecule has 1 atom stereocenters. The van der Waals surface area contributed by atoms with Crippen LogP contribution in [0.3, 0.4) is 0 Å². The van der Waals surface area contributed by atoms with Gasteiger partial charge in [0.2, 0.25) is 0 Å². The van der Waals surface area contributed by atoms with Crippen molar-refractivity contribution in [1.29, 1.82) is 0 Å². The lowest BCUT2D eigenvalue weighted by molar-refractivity contribution is 0.648. The Kier molecular flexibility index (Phi) is 4.84. The minimum atomic E-state index is 0.458. The maximum atomic E-state index is 6.23. The van der Waals surface area contributed by atoms with E-state index in [0.717, 1.165) is 29.4 Å². The van der Waals surface area contributed by atoms with Gasteiger partial charge in [0, 0.05) is 22.8 Å². The lowest BCUT2D eigenvalue weighted by Crippen LogP contribution is -2.16. The second-order valence-electron chi connectivity index (χ2n) is 5.29. The third-order valence-electron chi connectivity index (χ3n) is 3.72. The molecule has 0 saturated heterocycles. The van der Waals surface area contributed by atoms with Gasteiger partial charge in [-0.05, 0) is 38.4 Å². The van der Waals surface area contributed by atoms with E-state index < -0.39 is 0 Å². The van der Waals surface area contributed by atoms with Gasteiger partial charge in [-0.25, -0.2) is 0 Å². The van der Waals surface area contributed by atoms with E-state index in [1.54, 1.807) is 0 Å². The number of likely N-dealkylation sites (N-methyl/N-ethyl adjacent to an activating group) is 1. The number of nitrogens with one attached hydrogen (secondary N) is 1. The summed E-state index contributed by atoms with van der Waals surface area (Å²) < 4.78 is 2.05. The Morgan fingerprint density at radius 1 is 1.30 bits per heavy atom. The van der Waals surface area contributed by atoms with Crippen LogP contribution in [-0.2, 0) is 6.54 Å². The fourth-order valence-electron chi connectivity index (χ4n) is 2.77. The van der Waals surface area contributed by atoms with Gasteiger partial charge in [0.25, 0.3) is 0 Å². The van der Waals surface area contributed by atoms with Crippen molar-refractivity contribution in [1.82, 2.24) is 15.1 Å². The zero-order chi connectivity index (χ0) is 14.7. The van der Waals surface area contributed by atoms with E-state index in [-0.39, 0.29) is 0 Å². The number of benzene rings is 1. The van der Waals surface area contributed by atoms with Gasteiger partial charge in [0.15, 0.2) is 0 Å². The number of rotatable bonds is 5. The van der Waals surface area contributed by atoms with Gasteiger partial charge in [-0.15, -0.1) is 0 Å². The predicted octanol–water partition coefficient (Wildman–Crippen LogP) is 3.52. The van der Waals surface area contributed by atoms with Crippen molar-refractivity contribution in [2.45, 2.75) is 33.2 Å². The highest BCUT2D eigenvalue weighted by Crippen LogP contribution is 2.24. The van der Waals surface area contributed by atoms with Gasteiger partial charge in [0.1, 0.15) is 0 Å². The van der Waals surface area contributed by atoms with Crippen molar-refractivity contribution in [2.75, 3.05) is 13.6 Å². The van der Waals surface area contributed by atoms with Crippen molar-refractivity contribution >= 4 is 11.6 Å². The molecule has 0 bridgehead atoms. The van der Waals surface area contributed by atoms with Crippen LogP contribution < -0.4 is 5.32 Å². The lowest BCUT2D eigenvalue weighted by atomic mass is 9.99. The molecule has 2 aromatic rings. The third-order valence-corrected chi connectivity index (χ3v) is 4.09. The molecule has 0 aliphatic heterocycles. The van der Waals surface area contributed by atoms with Gasteiger partial charge in [-0.3, -0.25) is 4.68 Å². The molecule has 20 heavy (non-hydrogen) atoms. The first kappa shape index (κ1) is 15.1. The quantitative estimate of drug-likeness (QED) is 0.913. The largest absolute Gasteiger partial charge is 0.319 e. The average Bonchev–Trinajstić information content (AvgIpc) is 2.67. The molecule has 108 valence electrons. The van der Waals surface area contributed by atoms with Gasteiger partial charge in [-0.2, -0.15) is 5.10 Å². The summed E-state index contributed by atoms with van der Waals surface area (Å²) in [5, 5.41) is 8.71. The topological polar surface area (TPSA) is 29.9 Å². The first-order valence-electron chi connectivity index (χ1n) is 6.96. The zero-order valence-corrected chi connectivity index (χ0v) is 13.3. The van der Waals surface area contributed by atoms with Gasteiger partial charge in [-0.1, -0.05) is 36.7 Å². The molecule has 3 nitrogen and oxygen atoms in total. The molecule has 1 unspecified atom stereocenters. The summed E-state index contributed by atoms with van der Waals surface area (Å²) in [6, 6.07) is 7.94. The van der Waals surface area contributed by atoms with Crippen LogP contribution in [0.1, 0.15) is 35.4 Å². The molecular weight excluding hydrogens is 270 g/mol. The summed E-state index contributed by atoms with van der Waals surface area (Å²) in [6.07, 6.45) is 0. The Morgan fingerprint density at radius 3 is 2.65 bits per heavy atom. The van der Waals surface area contributed by atoms with Crippen LogP contribution in [0.15, 0.2) is 24.3 Å². The smallest absolute Gasteiger partial charge is 0.0677 e. The molecule has 4 heteroatoms. The van der Waals surface area contributed by atoms with Gasteiger partial charge < -0.3 is 5.32 Å². The summed E-state index contributed by atoms with van der Waals surface area (Å²) in [5.74, 6) is 0.458. The van der Waals surface area contributed by atoms with E-state index in [2.05, 4.69) is 41.9 Å². The minimum Gasteiger partial charge on any atom is -0.319 e. The number of aromatic nitrogens is 2. The second kappa shape index (κ2) is 6.42. The Balaban J connectivity index is 2.31. The van der Waals surface area contributed by atoms with Crippen LogP contribution in [-0.4, -0.2) is 23.4 Å². The van der Waals surface area contributed by atoms with E-state index in [4.69, 9.17) is 11.6 Å². The Hall–Kier alpha value is -1.32. The molecule has 0 radical (unpaired) electrons. The van der Waals surface area contributed by atoms with Crippen molar-refractivity contribution in [2.24, 2.45) is 0 Å². The van der Waals surface area contributed by atoms with Crippen molar-refractivity contribution in [3.63, 3.8) is 0 Å². The van der Waals surface area contributed by atoms with Crippen molar-refractivity contribution in [3.8, 4) is 0 Å². The molecule has 0 fully saturated rings. The molecule has 0 spiro atoms. The SMILES string of the molecule is CNCC(C)c1c(C)nn(Cc2ccccc2Cl)c1C. The molecule has 1 aromatic heterocycles. The Bertz CT molecular complexity index is 589. The van der Waals surface area contributed by atoms with E-state index in [9.17, 15) is 0 Å². The van der Waals surface area contributed by atoms with E-state index in [1.165, 1.54) is 11.3 Å². The molecule has 0 aliphatic rings.